The zero-order chi connectivity index (χ0) is 23.6. The summed E-state index contributed by atoms with van der Waals surface area (Å²) in [6, 6.07) is 8.74. The lowest BCUT2D eigenvalue weighted by Gasteiger charge is -2.20. The Hall–Kier alpha value is -3.46. The van der Waals surface area contributed by atoms with Crippen molar-refractivity contribution < 1.29 is 27.4 Å². The largest absolute Gasteiger partial charge is 0.489 e. The van der Waals surface area contributed by atoms with Gasteiger partial charge in [0, 0.05) is 18.6 Å². The van der Waals surface area contributed by atoms with Crippen molar-refractivity contribution in [3.05, 3.63) is 83.2 Å². The first-order chi connectivity index (χ1) is 15.8. The number of hydrogen-bond donors (Lipinski definition) is 1. The van der Waals surface area contributed by atoms with Gasteiger partial charge in [0.05, 0.1) is 31.0 Å². The minimum absolute atomic E-state index is 0.0311. The highest BCUT2D eigenvalue weighted by molar-refractivity contribution is 5.96. The number of carbonyl (C=O) groups is 1. The molecule has 1 N–H and O–H groups in total. The van der Waals surface area contributed by atoms with Crippen molar-refractivity contribution in [3.63, 3.8) is 0 Å². The molecule has 1 aliphatic rings. The Kier molecular flexibility index (Phi) is 6.33. The highest BCUT2D eigenvalue weighted by Gasteiger charge is 2.60. The normalized spacial score (nSPS) is 19.2. The fourth-order valence-electron chi connectivity index (χ4n) is 3.90. The van der Waals surface area contributed by atoms with Crippen LogP contribution in [-0.2, 0) is 21.6 Å². The zero-order valence-electron chi connectivity index (χ0n) is 18.1. The second-order valence-corrected chi connectivity index (χ2v) is 7.99. The van der Waals surface area contributed by atoms with E-state index in [0.29, 0.717) is 29.3 Å². The van der Waals surface area contributed by atoms with Crippen LogP contribution < -0.4 is 10.1 Å². The molecule has 1 amide bonds. The molecule has 0 spiro atoms. The first kappa shape index (κ1) is 22.7. The van der Waals surface area contributed by atoms with Crippen LogP contribution in [0.4, 0.5) is 18.9 Å². The van der Waals surface area contributed by atoms with Crippen LogP contribution in [0.5, 0.6) is 5.75 Å². The number of aromatic nitrogens is 2. The minimum atomic E-state index is -0.856. The number of nitrogens with one attached hydrogen (secondary N) is 1. The fourth-order valence-corrected chi connectivity index (χ4v) is 3.90. The van der Waals surface area contributed by atoms with Crippen molar-refractivity contribution in [1.29, 1.82) is 0 Å². The van der Waals surface area contributed by atoms with E-state index in [-0.39, 0.29) is 18.9 Å². The molecule has 2 aromatic carbocycles. The predicted molar refractivity (Wildman–Crippen MR) is 114 cm³/mol. The molecule has 1 saturated carbocycles. The van der Waals surface area contributed by atoms with E-state index in [1.165, 1.54) is 25.4 Å². The van der Waals surface area contributed by atoms with Gasteiger partial charge in [0.1, 0.15) is 29.0 Å². The first-order valence-electron chi connectivity index (χ1n) is 10.3. The number of anilines is 1. The summed E-state index contributed by atoms with van der Waals surface area (Å²) in [4.78, 5) is 21.4. The molecule has 0 aliphatic heterocycles. The molecule has 3 aromatic rings. The van der Waals surface area contributed by atoms with Crippen molar-refractivity contribution in [3.8, 4) is 5.75 Å². The molecule has 0 radical (unpaired) electrons. The van der Waals surface area contributed by atoms with Crippen molar-refractivity contribution in [2.24, 2.45) is 5.92 Å². The van der Waals surface area contributed by atoms with Gasteiger partial charge in [0.2, 0.25) is 5.91 Å². The summed E-state index contributed by atoms with van der Waals surface area (Å²) in [6.45, 7) is 1.97. The van der Waals surface area contributed by atoms with Crippen LogP contribution >= 0.6 is 0 Å². The van der Waals surface area contributed by atoms with E-state index in [4.69, 9.17) is 9.47 Å². The highest BCUT2D eigenvalue weighted by atomic mass is 19.1. The number of aryl methyl sites for hydroxylation is 1. The van der Waals surface area contributed by atoms with Crippen LogP contribution in [0.1, 0.15) is 23.5 Å². The molecule has 33 heavy (non-hydrogen) atoms. The van der Waals surface area contributed by atoms with Crippen LogP contribution in [0, 0.1) is 30.3 Å². The van der Waals surface area contributed by atoms with E-state index in [1.807, 2.05) is 0 Å². The van der Waals surface area contributed by atoms with E-state index in [1.54, 1.807) is 19.1 Å². The highest BCUT2D eigenvalue weighted by Crippen LogP contribution is 2.55. The van der Waals surface area contributed by atoms with E-state index < -0.39 is 34.7 Å². The zero-order valence-corrected chi connectivity index (χ0v) is 18.1. The lowest BCUT2D eigenvalue weighted by Crippen LogP contribution is -2.27. The van der Waals surface area contributed by atoms with Gasteiger partial charge in [-0.15, -0.1) is 0 Å². The predicted octanol–water partition coefficient (Wildman–Crippen LogP) is 4.32. The maximum Gasteiger partial charge on any atom is 0.228 e. The van der Waals surface area contributed by atoms with E-state index in [9.17, 15) is 18.0 Å². The third-order valence-corrected chi connectivity index (χ3v) is 5.69. The number of methoxy groups -OCH3 is 1. The Balaban J connectivity index is 1.59. The quantitative estimate of drug-likeness (QED) is 0.545. The average Bonchev–Trinajstić information content (AvgIpc) is 3.52. The summed E-state index contributed by atoms with van der Waals surface area (Å²) in [6.07, 6.45) is 1.86. The molecule has 2 atom stereocenters. The molecule has 4 rings (SSSR count). The first-order valence-corrected chi connectivity index (χ1v) is 10.3. The molecule has 9 heteroatoms. The molecule has 6 nitrogen and oxygen atoms in total. The summed E-state index contributed by atoms with van der Waals surface area (Å²) < 4.78 is 52.7. The molecule has 0 saturated heterocycles. The molecule has 1 heterocycles. The molecule has 1 aromatic heterocycles. The van der Waals surface area contributed by atoms with Gasteiger partial charge in [-0.05, 0) is 43.2 Å². The van der Waals surface area contributed by atoms with Gasteiger partial charge in [-0.1, -0.05) is 12.1 Å². The third-order valence-electron chi connectivity index (χ3n) is 5.69. The number of amides is 1. The molecule has 0 unspecified atom stereocenters. The maximum absolute atomic E-state index is 14.0. The number of benzene rings is 2. The molecular weight excluding hydrogens is 435 g/mol. The second-order valence-electron chi connectivity index (χ2n) is 7.99. The topological polar surface area (TPSA) is 73.3 Å². The number of hydrogen-bond acceptors (Lipinski definition) is 5. The van der Waals surface area contributed by atoms with Gasteiger partial charge in [-0.25, -0.2) is 23.1 Å². The lowest BCUT2D eigenvalue weighted by molar-refractivity contribution is -0.117. The molecule has 1 fully saturated rings. The van der Waals surface area contributed by atoms with E-state index >= 15 is 0 Å². The molecule has 0 bridgehead atoms. The summed E-state index contributed by atoms with van der Waals surface area (Å²) in [5.74, 6) is -2.08. The Bertz CT molecular complexity index is 1190. The van der Waals surface area contributed by atoms with Crippen molar-refractivity contribution in [2.45, 2.75) is 25.4 Å². The van der Waals surface area contributed by atoms with Crippen LogP contribution in [0.25, 0.3) is 0 Å². The number of rotatable bonds is 8. The summed E-state index contributed by atoms with van der Waals surface area (Å²) in [5, 5.41) is 2.44. The Labute approximate surface area is 188 Å². The smallest absolute Gasteiger partial charge is 0.228 e. The van der Waals surface area contributed by atoms with Gasteiger partial charge in [-0.2, -0.15) is 0 Å². The van der Waals surface area contributed by atoms with Gasteiger partial charge >= 0.3 is 0 Å². The van der Waals surface area contributed by atoms with Crippen LogP contribution in [0.15, 0.2) is 48.7 Å². The average molecular weight is 457 g/mol. The van der Waals surface area contributed by atoms with Gasteiger partial charge in [0.15, 0.2) is 5.75 Å². The van der Waals surface area contributed by atoms with Crippen molar-refractivity contribution in [1.82, 2.24) is 9.97 Å². The van der Waals surface area contributed by atoms with E-state index in [0.717, 1.165) is 18.2 Å². The summed E-state index contributed by atoms with van der Waals surface area (Å²) in [5.41, 5.74) is 0.00687. The Morgan fingerprint density at radius 2 is 1.97 bits per heavy atom. The van der Waals surface area contributed by atoms with Crippen LogP contribution in [0.3, 0.4) is 0 Å². The maximum atomic E-state index is 14.0. The van der Waals surface area contributed by atoms with Gasteiger partial charge in [-0.3, -0.25) is 4.79 Å². The third kappa shape index (κ3) is 4.83. The minimum Gasteiger partial charge on any atom is -0.489 e. The SMILES string of the molecule is COCc1nc(C)ncc1OC[C@@]1(c2cccc(F)c2)C[C@H]1C(=O)Nc1cc(F)ccc1F. The standard InChI is InChI=1S/C24H22F3N3O3/c1-14-28-11-22(21(29-14)12-32-2)33-13-24(15-4-3-5-16(25)8-15)10-18(24)23(31)30-20-9-17(26)6-7-19(20)27/h3-9,11,18H,10,12-13H2,1-2H3,(H,30,31)/t18-,24+/m0/s1. The van der Waals surface area contributed by atoms with E-state index in [2.05, 4.69) is 15.3 Å². The number of ether oxygens (including phenoxy) is 2. The lowest BCUT2D eigenvalue weighted by atomic mass is 9.93. The Morgan fingerprint density at radius 1 is 1.18 bits per heavy atom. The molecular formula is C24H22F3N3O3. The van der Waals surface area contributed by atoms with Gasteiger partial charge in [0.25, 0.3) is 0 Å². The fraction of sp³-hybridized carbons (Fsp3) is 0.292. The number of carbonyl (C=O) groups excluding carboxylic acids is 1. The molecule has 1 aliphatic carbocycles. The molecule has 172 valence electrons. The number of nitrogens with zero attached hydrogens (tertiary/aromatic N) is 2. The Morgan fingerprint density at radius 3 is 2.73 bits per heavy atom. The number of halogens is 3. The summed E-state index contributed by atoms with van der Waals surface area (Å²) in [7, 11) is 1.53. The monoisotopic (exact) mass is 457 g/mol. The second kappa shape index (κ2) is 9.19. The van der Waals surface area contributed by atoms with Gasteiger partial charge < -0.3 is 14.8 Å². The van der Waals surface area contributed by atoms with Crippen LogP contribution in [-0.4, -0.2) is 29.6 Å². The van der Waals surface area contributed by atoms with Crippen molar-refractivity contribution >= 4 is 11.6 Å². The summed E-state index contributed by atoms with van der Waals surface area (Å²) >= 11 is 0. The van der Waals surface area contributed by atoms with Crippen molar-refractivity contribution in [2.75, 3.05) is 19.0 Å². The van der Waals surface area contributed by atoms with Crippen LogP contribution in [0.2, 0.25) is 0 Å².